The molecule has 7 heteroatoms. The molecule has 0 unspecified atom stereocenters. The van der Waals surface area contributed by atoms with E-state index in [1.807, 2.05) is 0 Å². The predicted octanol–water partition coefficient (Wildman–Crippen LogP) is 0.305. The van der Waals surface area contributed by atoms with E-state index < -0.39 is 17.0 Å². The van der Waals surface area contributed by atoms with Gasteiger partial charge in [0.05, 0.1) is 0 Å². The van der Waals surface area contributed by atoms with Gasteiger partial charge in [-0.2, -0.15) is 4.79 Å². The largest absolute Gasteiger partial charge is 0.633 e. The minimum atomic E-state index is -1.96. The van der Waals surface area contributed by atoms with Crippen LogP contribution in [0.25, 0.3) is 0 Å². The smallest absolute Gasteiger partial charge is 0.589 e. The van der Waals surface area contributed by atoms with Crippen molar-refractivity contribution < 1.29 is 24.7 Å². The number of hydroxylamine groups is 1. The Bertz CT molecular complexity index is 172. The molecule has 0 atom stereocenters. The van der Waals surface area contributed by atoms with E-state index in [1.165, 1.54) is 0 Å². The number of nitrogens with zero attached hydrogens (tertiary/aromatic N) is 2. The van der Waals surface area contributed by atoms with E-state index in [-0.39, 0.29) is 0 Å². The number of hydrogen-bond donors (Lipinski definition) is 2. The molecular formula is C2H2N2O5. The molecule has 7 nitrogen and oxygen atoms in total. The fourth-order valence-electron chi connectivity index (χ4n) is 0.120. The van der Waals surface area contributed by atoms with Crippen LogP contribution in [0.3, 0.4) is 0 Å². The van der Waals surface area contributed by atoms with Gasteiger partial charge in [-0.1, -0.05) is 0 Å². The highest BCUT2D eigenvalue weighted by Gasteiger charge is 2.10. The van der Waals surface area contributed by atoms with Gasteiger partial charge in [0, 0.05) is 4.86 Å². The zero-order valence-electron chi connectivity index (χ0n) is 4.01. The first kappa shape index (κ1) is 7.34. The molecule has 0 bridgehead atoms. The molecule has 2 N–H and O–H groups in total. The van der Waals surface area contributed by atoms with Gasteiger partial charge in [-0.25, -0.2) is 4.79 Å². The number of azo groups is 1. The predicted molar refractivity (Wildman–Crippen MR) is 22.1 cm³/mol. The molecule has 0 radical (unpaired) electrons. The SMILES string of the molecule is O=C(O)N=[N+]([O-])C(=O)O. The van der Waals surface area contributed by atoms with E-state index in [1.54, 1.807) is 0 Å². The zero-order chi connectivity index (χ0) is 7.44. The molecule has 9 heavy (non-hydrogen) atoms. The third-order valence-corrected chi connectivity index (χ3v) is 0.340. The summed E-state index contributed by atoms with van der Waals surface area (Å²) in [4.78, 5) is 18.0. The van der Waals surface area contributed by atoms with E-state index in [0.717, 1.165) is 0 Å². The van der Waals surface area contributed by atoms with Crippen LogP contribution < -0.4 is 0 Å². The Morgan fingerprint density at radius 1 is 1.44 bits per heavy atom. The van der Waals surface area contributed by atoms with Gasteiger partial charge in [-0.3, -0.25) is 0 Å². The maximum atomic E-state index is 9.72. The number of carbonyl (C=O) groups is 2. The molecule has 50 valence electrons. The average molecular weight is 134 g/mol. The number of carboxylic acid groups (broad SMARTS) is 2. The summed E-state index contributed by atoms with van der Waals surface area (Å²) >= 11 is 0. The topological polar surface area (TPSA) is 113 Å². The highest BCUT2D eigenvalue weighted by molar-refractivity contribution is 5.65. The van der Waals surface area contributed by atoms with Crippen molar-refractivity contribution in [3.05, 3.63) is 5.21 Å². The van der Waals surface area contributed by atoms with Gasteiger partial charge in [0.25, 0.3) is 0 Å². The highest BCUT2D eigenvalue weighted by Crippen LogP contribution is 1.77. The molecule has 0 fully saturated rings. The Balaban J connectivity index is 4.17. The van der Waals surface area contributed by atoms with Gasteiger partial charge in [0.15, 0.2) is 0 Å². The molecule has 0 rings (SSSR count). The highest BCUT2D eigenvalue weighted by atomic mass is 16.6. The minimum absolute atomic E-state index is 0.942. The van der Waals surface area contributed by atoms with Crippen LogP contribution in [-0.2, 0) is 0 Å². The molecule has 0 aromatic carbocycles. The third kappa shape index (κ3) is 2.97. The summed E-state index contributed by atoms with van der Waals surface area (Å²) < 4.78 is 0. The number of rotatable bonds is 0. The van der Waals surface area contributed by atoms with E-state index in [0.29, 0.717) is 0 Å². The zero-order valence-corrected chi connectivity index (χ0v) is 4.01. The van der Waals surface area contributed by atoms with Crippen LogP contribution in [-0.4, -0.2) is 27.3 Å². The summed E-state index contributed by atoms with van der Waals surface area (Å²) in [7, 11) is 0. The first-order valence-corrected chi connectivity index (χ1v) is 1.69. The molecule has 0 aromatic rings. The van der Waals surface area contributed by atoms with E-state index >= 15 is 0 Å². The van der Waals surface area contributed by atoms with Gasteiger partial charge >= 0.3 is 12.2 Å². The van der Waals surface area contributed by atoms with Crippen LogP contribution in [0, 0.1) is 5.21 Å². The fraction of sp³-hybridized carbons (Fsp3) is 0. The van der Waals surface area contributed by atoms with Crippen molar-refractivity contribution >= 4 is 12.2 Å². The second-order valence-corrected chi connectivity index (χ2v) is 0.938. The van der Waals surface area contributed by atoms with E-state index in [2.05, 4.69) is 5.11 Å². The Hall–Kier alpha value is -1.66. The normalized spacial score (nSPS) is 10.9. The molecule has 0 heterocycles. The summed E-state index contributed by atoms with van der Waals surface area (Å²) in [6.45, 7) is 0. The van der Waals surface area contributed by atoms with Crippen LogP contribution in [0.1, 0.15) is 0 Å². The molecule has 0 aliphatic rings. The summed E-state index contributed by atoms with van der Waals surface area (Å²) in [6, 6.07) is 0. The number of hydrogen-bond acceptors (Lipinski definition) is 3. The molecule has 0 aliphatic heterocycles. The quantitative estimate of drug-likeness (QED) is 0.281. The second kappa shape index (κ2) is 2.60. The monoisotopic (exact) mass is 134 g/mol. The molecular weight excluding hydrogens is 132 g/mol. The number of amides is 2. The average Bonchev–Trinajstić information content (AvgIpc) is 1.63. The van der Waals surface area contributed by atoms with E-state index in [4.69, 9.17) is 10.2 Å². The van der Waals surface area contributed by atoms with Gasteiger partial charge in [0.2, 0.25) is 0 Å². The third-order valence-electron chi connectivity index (χ3n) is 0.340. The Kier molecular flexibility index (Phi) is 2.12. The lowest BCUT2D eigenvalue weighted by Crippen LogP contribution is -2.10. The molecule has 0 saturated heterocycles. The molecule has 2 amide bonds. The summed E-state index contributed by atoms with van der Waals surface area (Å²) in [6.07, 6.45) is -3.80. The van der Waals surface area contributed by atoms with Crippen molar-refractivity contribution in [1.29, 1.82) is 0 Å². The van der Waals surface area contributed by atoms with Gasteiger partial charge in [0.1, 0.15) is 5.11 Å². The van der Waals surface area contributed by atoms with Crippen molar-refractivity contribution in [3.8, 4) is 0 Å². The van der Waals surface area contributed by atoms with Crippen molar-refractivity contribution in [2.45, 2.75) is 0 Å². The van der Waals surface area contributed by atoms with Crippen LogP contribution in [0.4, 0.5) is 9.59 Å². The standard InChI is InChI=1S/C2H2N2O5/c5-1(6)3-4(9)2(7)8/h(H,5,6)(H,7,8). The van der Waals surface area contributed by atoms with Crippen LogP contribution in [0.2, 0.25) is 0 Å². The maximum absolute atomic E-state index is 9.72. The lowest BCUT2D eigenvalue weighted by atomic mass is 11.2. The van der Waals surface area contributed by atoms with Crippen LogP contribution >= 0.6 is 0 Å². The Morgan fingerprint density at radius 3 is 2.00 bits per heavy atom. The van der Waals surface area contributed by atoms with Crippen molar-refractivity contribution in [2.24, 2.45) is 5.11 Å². The molecule has 0 aliphatic carbocycles. The second-order valence-electron chi connectivity index (χ2n) is 0.938. The van der Waals surface area contributed by atoms with Crippen molar-refractivity contribution in [1.82, 2.24) is 0 Å². The Labute approximate surface area is 48.4 Å². The van der Waals surface area contributed by atoms with Gasteiger partial charge in [-0.15, -0.1) is 0 Å². The lowest BCUT2D eigenvalue weighted by molar-refractivity contribution is -0.439. The van der Waals surface area contributed by atoms with E-state index in [9.17, 15) is 14.8 Å². The minimum Gasteiger partial charge on any atom is -0.589 e. The summed E-state index contributed by atoms with van der Waals surface area (Å²) in [5, 5.41) is 27.1. The Morgan fingerprint density at radius 2 is 1.89 bits per heavy atom. The van der Waals surface area contributed by atoms with Gasteiger partial charge < -0.3 is 15.4 Å². The molecule has 0 saturated carbocycles. The molecule has 0 aromatic heterocycles. The summed E-state index contributed by atoms with van der Waals surface area (Å²) in [5.74, 6) is 0. The first-order chi connectivity index (χ1) is 4.04. The van der Waals surface area contributed by atoms with Gasteiger partial charge in [-0.05, 0) is 0 Å². The lowest BCUT2D eigenvalue weighted by Gasteiger charge is -1.85. The maximum Gasteiger partial charge on any atom is 0.633 e. The van der Waals surface area contributed by atoms with Crippen molar-refractivity contribution in [3.63, 3.8) is 0 Å². The van der Waals surface area contributed by atoms with Crippen LogP contribution in [0.5, 0.6) is 0 Å². The fourth-order valence-corrected chi connectivity index (χ4v) is 0.120. The van der Waals surface area contributed by atoms with Crippen LogP contribution in [0.15, 0.2) is 5.11 Å². The summed E-state index contributed by atoms with van der Waals surface area (Å²) in [5.41, 5.74) is 0. The first-order valence-electron chi connectivity index (χ1n) is 1.69. The van der Waals surface area contributed by atoms with Crippen molar-refractivity contribution in [2.75, 3.05) is 0 Å². The molecule has 0 spiro atoms.